The number of anilines is 1. The fourth-order valence-electron chi connectivity index (χ4n) is 2.15. The molecule has 0 unspecified atom stereocenters. The van der Waals surface area contributed by atoms with Gasteiger partial charge in [0.15, 0.2) is 0 Å². The van der Waals surface area contributed by atoms with Crippen molar-refractivity contribution in [3.05, 3.63) is 23.9 Å². The minimum Gasteiger partial charge on any atom is -0.367 e. The molecule has 0 radical (unpaired) electrons. The van der Waals surface area contributed by atoms with E-state index in [0.717, 1.165) is 31.7 Å². The van der Waals surface area contributed by atoms with Crippen LogP contribution in [-0.4, -0.2) is 34.9 Å². The van der Waals surface area contributed by atoms with E-state index in [-0.39, 0.29) is 5.91 Å². The molecule has 1 saturated carbocycles. The average Bonchev–Trinajstić information content (AvgIpc) is 2.99. The van der Waals surface area contributed by atoms with E-state index >= 15 is 0 Å². The Labute approximate surface area is 101 Å². The van der Waals surface area contributed by atoms with Crippen LogP contribution < -0.4 is 5.32 Å². The highest BCUT2D eigenvalue weighted by molar-refractivity contribution is 5.92. The molecule has 4 heteroatoms. The summed E-state index contributed by atoms with van der Waals surface area (Å²) >= 11 is 0. The Bertz CT molecular complexity index is 422. The normalized spacial score (nSPS) is 19.4. The molecule has 1 aromatic rings. The molecular formula is C13H17N3O. The standard InChI is InChI=1S/C13H17N3O/c17-13(16-8-1-2-9-16)11-4-3-5-12(15-11)14-10-6-7-10/h3-5,10H,1-2,6-9H2,(H,14,15). The molecule has 2 fully saturated rings. The lowest BCUT2D eigenvalue weighted by Crippen LogP contribution is -2.28. The molecule has 1 aromatic heterocycles. The highest BCUT2D eigenvalue weighted by Crippen LogP contribution is 2.23. The van der Waals surface area contributed by atoms with Crippen LogP contribution in [0.25, 0.3) is 0 Å². The number of carbonyl (C=O) groups is 1. The van der Waals surface area contributed by atoms with Crippen LogP contribution in [0.1, 0.15) is 36.2 Å². The lowest BCUT2D eigenvalue weighted by molar-refractivity contribution is 0.0787. The van der Waals surface area contributed by atoms with Crippen molar-refractivity contribution in [2.24, 2.45) is 0 Å². The zero-order valence-corrected chi connectivity index (χ0v) is 9.85. The zero-order valence-electron chi connectivity index (χ0n) is 9.85. The predicted octanol–water partition coefficient (Wildman–Crippen LogP) is 1.89. The molecule has 1 saturated heterocycles. The molecule has 90 valence electrons. The zero-order chi connectivity index (χ0) is 11.7. The molecule has 0 aromatic carbocycles. The lowest BCUT2D eigenvalue weighted by Gasteiger charge is -2.15. The lowest BCUT2D eigenvalue weighted by atomic mass is 10.3. The quantitative estimate of drug-likeness (QED) is 0.864. The van der Waals surface area contributed by atoms with Crippen molar-refractivity contribution in [1.29, 1.82) is 0 Å². The van der Waals surface area contributed by atoms with E-state index in [0.29, 0.717) is 11.7 Å². The number of rotatable bonds is 3. The van der Waals surface area contributed by atoms with Gasteiger partial charge in [-0.2, -0.15) is 0 Å². The molecule has 1 N–H and O–H groups in total. The van der Waals surface area contributed by atoms with Gasteiger partial charge >= 0.3 is 0 Å². The topological polar surface area (TPSA) is 45.2 Å². The van der Waals surface area contributed by atoms with Gasteiger partial charge in [0.25, 0.3) is 5.91 Å². The minimum absolute atomic E-state index is 0.0712. The summed E-state index contributed by atoms with van der Waals surface area (Å²) in [5.74, 6) is 0.902. The summed E-state index contributed by atoms with van der Waals surface area (Å²) in [6, 6.07) is 6.21. The number of nitrogens with zero attached hydrogens (tertiary/aromatic N) is 2. The maximum atomic E-state index is 12.1. The number of carbonyl (C=O) groups excluding carboxylic acids is 1. The van der Waals surface area contributed by atoms with Crippen LogP contribution in [0, 0.1) is 0 Å². The van der Waals surface area contributed by atoms with Crippen molar-refractivity contribution in [3.8, 4) is 0 Å². The third kappa shape index (κ3) is 2.40. The highest BCUT2D eigenvalue weighted by atomic mass is 16.2. The fraction of sp³-hybridized carbons (Fsp3) is 0.538. The molecule has 1 aliphatic heterocycles. The predicted molar refractivity (Wildman–Crippen MR) is 66.0 cm³/mol. The van der Waals surface area contributed by atoms with Crippen LogP contribution in [0.15, 0.2) is 18.2 Å². The molecular weight excluding hydrogens is 214 g/mol. The molecule has 2 heterocycles. The van der Waals surface area contributed by atoms with Crippen LogP contribution >= 0.6 is 0 Å². The second-order valence-corrected chi connectivity index (χ2v) is 4.83. The van der Waals surface area contributed by atoms with Gasteiger partial charge in [-0.15, -0.1) is 0 Å². The van der Waals surface area contributed by atoms with Gasteiger partial charge in [0.2, 0.25) is 0 Å². The second kappa shape index (κ2) is 4.35. The van der Waals surface area contributed by atoms with Crippen molar-refractivity contribution in [3.63, 3.8) is 0 Å². The van der Waals surface area contributed by atoms with Crippen molar-refractivity contribution >= 4 is 11.7 Å². The van der Waals surface area contributed by atoms with E-state index in [1.54, 1.807) is 6.07 Å². The van der Waals surface area contributed by atoms with Crippen LogP contribution in [0.5, 0.6) is 0 Å². The average molecular weight is 231 g/mol. The fourth-order valence-corrected chi connectivity index (χ4v) is 2.15. The van der Waals surface area contributed by atoms with E-state index in [1.807, 2.05) is 17.0 Å². The summed E-state index contributed by atoms with van der Waals surface area (Å²) in [6.45, 7) is 1.75. The van der Waals surface area contributed by atoms with Crippen LogP contribution in [0.2, 0.25) is 0 Å². The van der Waals surface area contributed by atoms with Gasteiger partial charge in [0.05, 0.1) is 0 Å². The summed E-state index contributed by atoms with van der Waals surface area (Å²) in [7, 11) is 0. The smallest absolute Gasteiger partial charge is 0.272 e. The van der Waals surface area contributed by atoms with E-state index in [4.69, 9.17) is 0 Å². The molecule has 0 spiro atoms. The van der Waals surface area contributed by atoms with Crippen molar-refractivity contribution in [2.75, 3.05) is 18.4 Å². The van der Waals surface area contributed by atoms with E-state index in [1.165, 1.54) is 12.8 Å². The first-order valence-corrected chi connectivity index (χ1v) is 6.36. The number of hydrogen-bond donors (Lipinski definition) is 1. The van der Waals surface area contributed by atoms with E-state index < -0.39 is 0 Å². The van der Waals surface area contributed by atoms with Gasteiger partial charge in [-0.25, -0.2) is 4.98 Å². The molecule has 0 bridgehead atoms. The van der Waals surface area contributed by atoms with Crippen molar-refractivity contribution < 1.29 is 4.79 Å². The van der Waals surface area contributed by atoms with Gasteiger partial charge in [-0.05, 0) is 37.8 Å². The summed E-state index contributed by atoms with van der Waals surface area (Å²) < 4.78 is 0. The number of hydrogen-bond acceptors (Lipinski definition) is 3. The van der Waals surface area contributed by atoms with Crippen molar-refractivity contribution in [2.45, 2.75) is 31.7 Å². The molecule has 2 aliphatic rings. The van der Waals surface area contributed by atoms with E-state index in [9.17, 15) is 4.79 Å². The van der Waals surface area contributed by atoms with Crippen LogP contribution in [0.3, 0.4) is 0 Å². The summed E-state index contributed by atoms with van der Waals surface area (Å²) in [5, 5.41) is 3.32. The van der Waals surface area contributed by atoms with Crippen molar-refractivity contribution in [1.82, 2.24) is 9.88 Å². The third-order valence-corrected chi connectivity index (χ3v) is 3.29. The maximum Gasteiger partial charge on any atom is 0.272 e. The van der Waals surface area contributed by atoms with Gasteiger partial charge in [-0.3, -0.25) is 4.79 Å². The number of nitrogens with one attached hydrogen (secondary N) is 1. The number of likely N-dealkylation sites (tertiary alicyclic amines) is 1. The second-order valence-electron chi connectivity index (χ2n) is 4.83. The maximum absolute atomic E-state index is 12.1. The van der Waals surface area contributed by atoms with Gasteiger partial charge in [-0.1, -0.05) is 6.07 Å². The van der Waals surface area contributed by atoms with Gasteiger partial charge in [0, 0.05) is 19.1 Å². The Kier molecular flexibility index (Phi) is 2.71. The summed E-state index contributed by atoms with van der Waals surface area (Å²) in [4.78, 5) is 18.4. The highest BCUT2D eigenvalue weighted by Gasteiger charge is 2.23. The monoisotopic (exact) mass is 231 g/mol. The Morgan fingerprint density at radius 3 is 2.76 bits per heavy atom. The molecule has 3 rings (SSSR count). The first-order valence-electron chi connectivity index (χ1n) is 6.36. The first-order chi connectivity index (χ1) is 8.33. The molecule has 17 heavy (non-hydrogen) atoms. The number of pyridine rings is 1. The third-order valence-electron chi connectivity index (χ3n) is 3.29. The van der Waals surface area contributed by atoms with E-state index in [2.05, 4.69) is 10.3 Å². The Morgan fingerprint density at radius 2 is 2.06 bits per heavy atom. The summed E-state index contributed by atoms with van der Waals surface area (Å²) in [5.41, 5.74) is 0.567. The van der Waals surface area contributed by atoms with Crippen LogP contribution in [-0.2, 0) is 0 Å². The molecule has 1 aliphatic carbocycles. The molecule has 0 atom stereocenters. The van der Waals surface area contributed by atoms with Gasteiger partial charge in [0.1, 0.15) is 11.5 Å². The minimum atomic E-state index is 0.0712. The van der Waals surface area contributed by atoms with Crippen LogP contribution in [0.4, 0.5) is 5.82 Å². The first kappa shape index (κ1) is 10.6. The molecule has 4 nitrogen and oxygen atoms in total. The Hall–Kier alpha value is -1.58. The molecule has 1 amide bonds. The van der Waals surface area contributed by atoms with Gasteiger partial charge < -0.3 is 10.2 Å². The largest absolute Gasteiger partial charge is 0.367 e. The Morgan fingerprint density at radius 1 is 1.29 bits per heavy atom. The summed E-state index contributed by atoms with van der Waals surface area (Å²) in [6.07, 6.45) is 4.66. The Balaban J connectivity index is 1.74. The number of amides is 1. The number of aromatic nitrogens is 1. The SMILES string of the molecule is O=C(c1cccc(NC2CC2)n1)N1CCCC1.